The molecule has 1 aromatic rings. The summed E-state index contributed by atoms with van der Waals surface area (Å²) in [4.78, 5) is 49.5. The van der Waals surface area contributed by atoms with Gasteiger partial charge in [-0.25, -0.2) is 4.98 Å². The third-order valence-corrected chi connectivity index (χ3v) is 4.37. The number of rotatable bonds is 6. The number of carbonyl (C=O) groups is 4. The number of imidazole rings is 1. The summed E-state index contributed by atoms with van der Waals surface area (Å²) in [5.41, 5.74) is 5.18. The van der Waals surface area contributed by atoms with Gasteiger partial charge in [-0.1, -0.05) is 0 Å². The molecule has 1 aromatic heterocycles. The van der Waals surface area contributed by atoms with Gasteiger partial charge in [-0.3, -0.25) is 23.7 Å². The largest absolute Gasteiger partial charge is 0.463 e. The average Bonchev–Trinajstić information content (AvgIpc) is 3.06. The molecule has 0 radical (unpaired) electrons. The van der Waals surface area contributed by atoms with Gasteiger partial charge in [-0.15, -0.1) is 0 Å². The van der Waals surface area contributed by atoms with E-state index < -0.39 is 48.4 Å². The fraction of sp³-hybridized carbons (Fsp3) is 0.533. The second-order valence-electron chi connectivity index (χ2n) is 5.67. The highest BCUT2D eigenvalue weighted by molar-refractivity contribution is 9.10. The second-order valence-corrected chi connectivity index (χ2v) is 6.42. The number of amides is 1. The lowest BCUT2D eigenvalue weighted by Crippen LogP contribution is -2.40. The standard InChI is InChI=1S/C15H18BrN3O8/c1-6(20)24-4-9-11(25-7(2)21)12(26-8(3)22)15(27-9)19-5-18-10(13(19)16)14(17)23/h5,9,11-12,15H,4H2,1-3H3,(H2,17,23). The third-order valence-electron chi connectivity index (χ3n) is 3.58. The molecule has 1 saturated heterocycles. The zero-order valence-corrected chi connectivity index (χ0v) is 16.3. The van der Waals surface area contributed by atoms with Crippen molar-refractivity contribution in [3.8, 4) is 0 Å². The topological polar surface area (TPSA) is 149 Å². The molecule has 1 aliphatic heterocycles. The van der Waals surface area contributed by atoms with Crippen LogP contribution in [0.1, 0.15) is 37.5 Å². The molecule has 0 saturated carbocycles. The number of halogens is 1. The second kappa shape index (κ2) is 8.48. The van der Waals surface area contributed by atoms with Crippen molar-refractivity contribution >= 4 is 39.7 Å². The van der Waals surface area contributed by atoms with Crippen molar-refractivity contribution in [2.45, 2.75) is 45.3 Å². The van der Waals surface area contributed by atoms with Gasteiger partial charge in [0.1, 0.15) is 17.3 Å². The lowest BCUT2D eigenvalue weighted by molar-refractivity contribution is -0.166. The minimum atomic E-state index is -1.09. The highest BCUT2D eigenvalue weighted by Gasteiger charge is 2.51. The summed E-state index contributed by atoms with van der Waals surface area (Å²) in [6.45, 7) is 3.33. The van der Waals surface area contributed by atoms with Gasteiger partial charge in [-0.05, 0) is 15.9 Å². The van der Waals surface area contributed by atoms with E-state index in [0.717, 1.165) is 0 Å². The van der Waals surface area contributed by atoms with Gasteiger partial charge in [0.05, 0.1) is 6.33 Å². The van der Waals surface area contributed by atoms with E-state index >= 15 is 0 Å². The van der Waals surface area contributed by atoms with Crippen molar-refractivity contribution in [3.05, 3.63) is 16.6 Å². The molecule has 2 heterocycles. The molecule has 4 unspecified atom stereocenters. The molecule has 1 amide bonds. The first-order valence-corrected chi connectivity index (χ1v) is 8.56. The van der Waals surface area contributed by atoms with Crippen LogP contribution in [0.15, 0.2) is 10.9 Å². The molecule has 0 spiro atoms. The third kappa shape index (κ3) is 4.83. The predicted octanol–water partition coefficient (Wildman–Crippen LogP) is 0.0684. The Bertz CT molecular complexity index is 764. The fourth-order valence-electron chi connectivity index (χ4n) is 2.61. The number of esters is 3. The quantitative estimate of drug-likeness (QED) is 0.471. The van der Waals surface area contributed by atoms with Gasteiger partial charge in [-0.2, -0.15) is 0 Å². The summed E-state index contributed by atoms with van der Waals surface area (Å²) in [6.07, 6.45) is -2.82. The van der Waals surface area contributed by atoms with Gasteiger partial charge in [0.2, 0.25) is 0 Å². The van der Waals surface area contributed by atoms with E-state index in [1.807, 2.05) is 0 Å². The number of hydrogen-bond donors (Lipinski definition) is 1. The van der Waals surface area contributed by atoms with Crippen molar-refractivity contribution in [1.82, 2.24) is 9.55 Å². The summed E-state index contributed by atoms with van der Waals surface area (Å²) in [5, 5.41) is 0. The first kappa shape index (κ1) is 20.8. The summed E-state index contributed by atoms with van der Waals surface area (Å²) < 4.78 is 22.8. The molecule has 1 fully saturated rings. The maximum atomic E-state index is 11.6. The smallest absolute Gasteiger partial charge is 0.303 e. The number of hydrogen-bond acceptors (Lipinski definition) is 9. The van der Waals surface area contributed by atoms with E-state index in [4.69, 9.17) is 24.7 Å². The predicted molar refractivity (Wildman–Crippen MR) is 90.1 cm³/mol. The molecule has 2 N–H and O–H groups in total. The minimum absolute atomic E-state index is 0.0624. The van der Waals surface area contributed by atoms with Crippen molar-refractivity contribution in [3.63, 3.8) is 0 Å². The van der Waals surface area contributed by atoms with Crippen LogP contribution in [0.5, 0.6) is 0 Å². The highest BCUT2D eigenvalue weighted by atomic mass is 79.9. The van der Waals surface area contributed by atoms with Crippen molar-refractivity contribution in [1.29, 1.82) is 0 Å². The Morgan fingerprint density at radius 3 is 2.22 bits per heavy atom. The molecule has 0 bridgehead atoms. The first-order valence-electron chi connectivity index (χ1n) is 7.77. The van der Waals surface area contributed by atoms with Gasteiger partial charge < -0.3 is 24.7 Å². The Labute approximate surface area is 162 Å². The zero-order chi connectivity index (χ0) is 20.3. The average molecular weight is 448 g/mol. The molecule has 1 aliphatic rings. The van der Waals surface area contributed by atoms with Crippen molar-refractivity contribution in [2.75, 3.05) is 6.61 Å². The van der Waals surface area contributed by atoms with Crippen LogP contribution in [0.3, 0.4) is 0 Å². The lowest BCUT2D eigenvalue weighted by atomic mass is 10.1. The molecule has 0 aliphatic carbocycles. The summed E-state index contributed by atoms with van der Waals surface area (Å²) in [7, 11) is 0. The molecular weight excluding hydrogens is 430 g/mol. The number of nitrogens with two attached hydrogens (primary N) is 1. The van der Waals surface area contributed by atoms with Gasteiger partial charge in [0.25, 0.3) is 5.91 Å². The lowest BCUT2D eigenvalue weighted by Gasteiger charge is -2.24. The monoisotopic (exact) mass is 447 g/mol. The van der Waals surface area contributed by atoms with Crippen LogP contribution in [0.2, 0.25) is 0 Å². The molecule has 11 nitrogen and oxygen atoms in total. The summed E-state index contributed by atoms with van der Waals surface area (Å²) in [5.74, 6) is -2.63. The minimum Gasteiger partial charge on any atom is -0.463 e. The number of carbonyl (C=O) groups excluding carboxylic acids is 4. The summed E-state index contributed by atoms with van der Waals surface area (Å²) >= 11 is 3.19. The first-order chi connectivity index (χ1) is 12.6. The van der Waals surface area contributed by atoms with Gasteiger partial charge >= 0.3 is 17.9 Å². The van der Waals surface area contributed by atoms with Crippen molar-refractivity contribution < 1.29 is 38.1 Å². The van der Waals surface area contributed by atoms with Crippen LogP contribution in [0, 0.1) is 0 Å². The number of nitrogens with zero attached hydrogens (tertiary/aromatic N) is 2. The molecule has 12 heteroatoms. The number of ether oxygens (including phenoxy) is 4. The van der Waals surface area contributed by atoms with Crippen LogP contribution >= 0.6 is 15.9 Å². The van der Waals surface area contributed by atoms with Crippen LogP contribution in [-0.2, 0) is 33.3 Å². The van der Waals surface area contributed by atoms with Gasteiger partial charge in [0, 0.05) is 20.8 Å². The van der Waals surface area contributed by atoms with Gasteiger partial charge in [0.15, 0.2) is 24.1 Å². The van der Waals surface area contributed by atoms with Crippen LogP contribution in [0.25, 0.3) is 0 Å². The molecule has 0 aromatic carbocycles. The van der Waals surface area contributed by atoms with Crippen molar-refractivity contribution in [2.24, 2.45) is 5.73 Å². The number of primary amides is 1. The Morgan fingerprint density at radius 2 is 1.74 bits per heavy atom. The van der Waals surface area contributed by atoms with E-state index in [9.17, 15) is 19.2 Å². The molecule has 2 rings (SSSR count). The maximum absolute atomic E-state index is 11.6. The molecule has 4 atom stereocenters. The summed E-state index contributed by atoms with van der Waals surface area (Å²) in [6, 6.07) is 0. The number of aromatic nitrogens is 2. The van der Waals surface area contributed by atoms with E-state index in [1.165, 1.54) is 31.7 Å². The molecule has 27 heavy (non-hydrogen) atoms. The maximum Gasteiger partial charge on any atom is 0.303 e. The fourth-order valence-corrected chi connectivity index (χ4v) is 3.20. The Kier molecular flexibility index (Phi) is 6.54. The van der Waals surface area contributed by atoms with E-state index in [2.05, 4.69) is 20.9 Å². The Morgan fingerprint density at radius 1 is 1.15 bits per heavy atom. The van der Waals surface area contributed by atoms with Crippen LogP contribution in [0.4, 0.5) is 0 Å². The molecule has 148 valence electrons. The van der Waals surface area contributed by atoms with E-state index in [0.29, 0.717) is 0 Å². The Hall–Kier alpha value is -2.47. The van der Waals surface area contributed by atoms with Crippen LogP contribution < -0.4 is 5.73 Å². The Balaban J connectivity index is 2.41. The van der Waals surface area contributed by atoms with E-state index in [1.54, 1.807) is 0 Å². The SMILES string of the molecule is CC(=O)OCC1OC(n2cnc(C(N)=O)c2Br)C(OC(C)=O)C1OC(C)=O. The highest BCUT2D eigenvalue weighted by Crippen LogP contribution is 2.36. The van der Waals surface area contributed by atoms with Crippen LogP contribution in [-0.4, -0.2) is 58.3 Å². The normalized spacial score (nSPS) is 24.3. The van der Waals surface area contributed by atoms with E-state index in [-0.39, 0.29) is 16.9 Å². The zero-order valence-electron chi connectivity index (χ0n) is 14.7. The molecular formula is C15H18BrN3O8.